The van der Waals surface area contributed by atoms with Gasteiger partial charge in [0.2, 0.25) is 0 Å². The first-order valence-corrected chi connectivity index (χ1v) is 20.8. The predicted octanol–water partition coefficient (Wildman–Crippen LogP) is 1.50. The molecule has 4 saturated heterocycles. The van der Waals surface area contributed by atoms with E-state index in [1.54, 1.807) is 26.8 Å². The molecule has 0 spiro atoms. The number of urea groups is 1. The zero-order chi connectivity index (χ0) is 46.6. The second kappa shape index (κ2) is 19.5. The number of rotatable bonds is 11. The Morgan fingerprint density at radius 3 is 1.97 bits per heavy atom. The quantitative estimate of drug-likeness (QED) is 0.168. The number of carbonyl (C=O) groups is 1. The minimum atomic E-state index is -1.50. The zero-order valence-electron chi connectivity index (χ0n) is 36.1. The topological polar surface area (TPSA) is 281 Å². The van der Waals surface area contributed by atoms with Crippen LogP contribution in [0.25, 0.3) is 0 Å². The van der Waals surface area contributed by atoms with Gasteiger partial charge in [0, 0.05) is 50.5 Å². The molecule has 0 aliphatic carbocycles. The van der Waals surface area contributed by atoms with E-state index in [9.17, 15) is 47.7 Å². The average Bonchev–Trinajstić information content (AvgIpc) is 3.81. The molecule has 0 saturated carbocycles. The normalized spacial score (nSPS) is 37.5. The lowest BCUT2D eigenvalue weighted by Crippen LogP contribution is -2.57. The van der Waals surface area contributed by atoms with Crippen molar-refractivity contribution in [1.82, 2.24) is 29.3 Å². The third-order valence-corrected chi connectivity index (χ3v) is 12.0. The molecule has 5 aliphatic rings. The number of nitrogen functional groups attached to an aromatic ring is 1. The fourth-order valence-corrected chi connectivity index (χ4v) is 8.58. The number of anilines is 1. The van der Waals surface area contributed by atoms with E-state index >= 15 is 0 Å². The summed E-state index contributed by atoms with van der Waals surface area (Å²) in [5, 5.41) is 32.4. The Hall–Kier alpha value is -4.20. The number of halogens is 3. The molecule has 0 radical (unpaired) electrons. The van der Waals surface area contributed by atoms with Crippen molar-refractivity contribution >= 4 is 11.8 Å². The van der Waals surface area contributed by atoms with E-state index in [2.05, 4.69) is 15.3 Å². The van der Waals surface area contributed by atoms with E-state index in [-0.39, 0.29) is 18.7 Å². The molecule has 23 heteroatoms. The van der Waals surface area contributed by atoms with Gasteiger partial charge in [-0.2, -0.15) is 4.98 Å². The van der Waals surface area contributed by atoms with Crippen LogP contribution in [-0.4, -0.2) is 131 Å². The zero-order valence-corrected chi connectivity index (χ0v) is 36.1. The highest BCUT2D eigenvalue weighted by atomic mass is 19.1. The van der Waals surface area contributed by atoms with Crippen LogP contribution < -0.4 is 33.7 Å². The van der Waals surface area contributed by atoms with Gasteiger partial charge in [0.15, 0.2) is 25.0 Å². The highest BCUT2D eigenvalue weighted by Gasteiger charge is 2.57. The summed E-state index contributed by atoms with van der Waals surface area (Å²) in [5.41, 5.74) is 1.77. The summed E-state index contributed by atoms with van der Waals surface area (Å²) in [6, 6.07) is 2.14. The number of ether oxygens (including phenoxy) is 5. The number of nitrogens with one attached hydrogen (secondary N) is 2. The van der Waals surface area contributed by atoms with Gasteiger partial charge in [0.05, 0.1) is 12.8 Å². The molecular formula is C40H61F3N8O12. The first kappa shape index (κ1) is 49.8. The average molecular weight is 903 g/mol. The first-order valence-electron chi connectivity index (χ1n) is 20.8. The van der Waals surface area contributed by atoms with E-state index in [4.69, 9.17) is 35.2 Å². The molecule has 11 atom stereocenters. The van der Waals surface area contributed by atoms with Crippen LogP contribution in [0.4, 0.5) is 23.8 Å². The molecule has 2 amide bonds. The molecule has 2 aromatic heterocycles. The first-order chi connectivity index (χ1) is 29.6. The van der Waals surface area contributed by atoms with Crippen molar-refractivity contribution in [3.63, 3.8) is 0 Å². The van der Waals surface area contributed by atoms with Crippen LogP contribution in [-0.2, 0) is 23.7 Å². The van der Waals surface area contributed by atoms with Crippen LogP contribution >= 0.6 is 0 Å². The summed E-state index contributed by atoms with van der Waals surface area (Å²) in [6.07, 6.45) is 5.74. The summed E-state index contributed by atoms with van der Waals surface area (Å²) in [4.78, 5) is 54.1. The molecule has 0 bridgehead atoms. The van der Waals surface area contributed by atoms with Crippen LogP contribution in [0.3, 0.4) is 0 Å². The predicted molar refractivity (Wildman–Crippen MR) is 219 cm³/mol. The van der Waals surface area contributed by atoms with Gasteiger partial charge < -0.3 is 55.8 Å². The number of aromatic amines is 1. The Morgan fingerprint density at radius 1 is 0.857 bits per heavy atom. The maximum absolute atomic E-state index is 13.8. The smallest absolute Gasteiger partial charge is 0.351 e. The number of amides is 2. The third-order valence-electron chi connectivity index (χ3n) is 12.0. The van der Waals surface area contributed by atoms with E-state index < -0.39 is 114 Å². The lowest BCUT2D eigenvalue weighted by Gasteiger charge is -2.35. The Bertz CT molecular complexity index is 2080. The summed E-state index contributed by atoms with van der Waals surface area (Å²) in [5.74, 6) is 0.0396. The van der Waals surface area contributed by atoms with Gasteiger partial charge >= 0.3 is 17.4 Å². The van der Waals surface area contributed by atoms with Gasteiger partial charge in [-0.15, -0.1) is 0 Å². The van der Waals surface area contributed by atoms with Crippen molar-refractivity contribution in [1.29, 1.82) is 0 Å². The molecule has 7 rings (SSSR count). The molecule has 63 heavy (non-hydrogen) atoms. The third kappa shape index (κ3) is 10.8. The lowest BCUT2D eigenvalue weighted by atomic mass is 9.89. The standard InChI is InChI=1S/C17H25FN2O5.C12H20FN3O3.C11H16FN3O4/c1-3-17(11-18)10-16(2,24-13-6-4-5-9-23-13)14(25-17)20-8-7-12(21)19-15(20)22;1-3-12(7-13)6-11(2,18)9(19-12)16-5-4-8(14)15-10(16)17;1-10(18)4-11(5-12,6-16)19-8(10)15-3-2-7(13)14-9(15)17/h7-8,13-14H,3-6,9-11H2,1-2H3,(H,19,21,22);4-5,8-9,18H,3,6-7,14H2,1-2H3,(H,15,17);2-3,8,16,18H,4-6H2,1H3,(H2,13,14,17)/t13?,14-,16-,17-;8?,9-,11-,12-;8-,10-,11-/m111/s1. The Kier molecular flexibility index (Phi) is 15.4. The molecule has 9 N–H and O–H groups in total. The maximum atomic E-state index is 13.8. The fraction of sp³-hybridized carbons (Fsp3) is 0.725. The van der Waals surface area contributed by atoms with Gasteiger partial charge in [0.1, 0.15) is 59.4 Å². The van der Waals surface area contributed by atoms with Crippen molar-refractivity contribution in [3.05, 3.63) is 68.1 Å². The minimum Gasteiger partial charge on any atom is -0.393 e. The van der Waals surface area contributed by atoms with Crippen molar-refractivity contribution in [3.8, 4) is 0 Å². The largest absolute Gasteiger partial charge is 0.393 e. The van der Waals surface area contributed by atoms with E-state index in [0.717, 1.165) is 23.8 Å². The summed E-state index contributed by atoms with van der Waals surface area (Å²) < 4.78 is 71.2. The Morgan fingerprint density at radius 2 is 1.44 bits per heavy atom. The molecule has 4 fully saturated rings. The van der Waals surface area contributed by atoms with E-state index in [0.29, 0.717) is 25.9 Å². The van der Waals surface area contributed by atoms with Gasteiger partial charge in [0.25, 0.3) is 5.56 Å². The van der Waals surface area contributed by atoms with Crippen molar-refractivity contribution in [2.75, 3.05) is 39.0 Å². The van der Waals surface area contributed by atoms with Gasteiger partial charge in [-0.3, -0.25) is 23.8 Å². The molecule has 2 unspecified atom stereocenters. The number of hydrogen-bond acceptors (Lipinski definition) is 15. The fourth-order valence-electron chi connectivity index (χ4n) is 8.58. The maximum Gasteiger partial charge on any atom is 0.351 e. The number of nitrogens with zero attached hydrogens (tertiary/aromatic N) is 4. The molecule has 354 valence electrons. The summed E-state index contributed by atoms with van der Waals surface area (Å²) in [6.45, 7) is 6.08. The van der Waals surface area contributed by atoms with Crippen molar-refractivity contribution in [2.45, 2.75) is 151 Å². The highest BCUT2D eigenvalue weighted by Crippen LogP contribution is 2.49. The second-order valence-corrected chi connectivity index (χ2v) is 17.5. The molecule has 20 nitrogen and oxygen atoms in total. The second-order valence-electron chi connectivity index (χ2n) is 17.5. The van der Waals surface area contributed by atoms with Crippen LogP contribution in [0.2, 0.25) is 0 Å². The van der Waals surface area contributed by atoms with Gasteiger partial charge in [-0.25, -0.2) is 27.6 Å². The number of aliphatic hydroxyl groups is 3. The van der Waals surface area contributed by atoms with Crippen LogP contribution in [0, 0.1) is 0 Å². The van der Waals surface area contributed by atoms with E-state index in [1.165, 1.54) is 47.1 Å². The molecule has 0 aromatic carbocycles. The molecule has 5 aliphatic heterocycles. The Labute approximate surface area is 361 Å². The molecule has 2 aromatic rings. The highest BCUT2D eigenvalue weighted by molar-refractivity contribution is 5.77. The minimum absolute atomic E-state index is 0.0396. The summed E-state index contributed by atoms with van der Waals surface area (Å²) >= 11 is 0. The van der Waals surface area contributed by atoms with Crippen molar-refractivity contribution < 1.29 is 57.0 Å². The number of aliphatic hydroxyl groups excluding tert-OH is 1. The van der Waals surface area contributed by atoms with Crippen molar-refractivity contribution in [2.24, 2.45) is 5.73 Å². The lowest BCUT2D eigenvalue weighted by molar-refractivity contribution is -0.243. The molecule has 7 heterocycles. The Balaban J connectivity index is 0.000000181. The molecular weight excluding hydrogens is 841 g/mol. The number of H-pyrrole nitrogens is 1. The number of hydrogen-bond donors (Lipinski definition) is 7. The van der Waals surface area contributed by atoms with Gasteiger partial charge in [-0.1, -0.05) is 13.8 Å². The van der Waals surface area contributed by atoms with Gasteiger partial charge in [-0.05, 0) is 65.0 Å². The van der Waals surface area contributed by atoms with E-state index in [1.807, 2.05) is 6.92 Å². The number of nitrogens with two attached hydrogens (primary N) is 2. The van der Waals surface area contributed by atoms with Crippen LogP contribution in [0.15, 0.2) is 51.2 Å². The SMILES string of the molecule is CC[C@]1(CF)C[C@@](C)(O)[C@H](N2C=CC(N)NC2=O)O1.CC[C@]1(CF)C[C@@](C)(OC2CCCCO2)[C@H](n2ccc(=O)[nH]c2=O)O1.C[C@@]1(O)C[C@](CO)(CF)O[C@H]1n1ccc(N)nc1=O. The monoisotopic (exact) mass is 902 g/mol. The summed E-state index contributed by atoms with van der Waals surface area (Å²) in [7, 11) is 0. The number of alkyl halides is 3. The number of carbonyl (C=O) groups excluding carboxylic acids is 1. The van der Waals surface area contributed by atoms with Crippen LogP contribution in [0.1, 0.15) is 98.4 Å². The number of aromatic nitrogens is 4. The van der Waals surface area contributed by atoms with Crippen LogP contribution in [0.5, 0.6) is 0 Å².